The van der Waals surface area contributed by atoms with Gasteiger partial charge in [0.15, 0.2) is 0 Å². The highest BCUT2D eigenvalue weighted by Crippen LogP contribution is 2.36. The lowest BCUT2D eigenvalue weighted by Crippen LogP contribution is -2.26. The van der Waals surface area contributed by atoms with Gasteiger partial charge >= 0.3 is 0 Å². The second-order valence-corrected chi connectivity index (χ2v) is 5.92. The normalized spacial score (nSPS) is 20.4. The van der Waals surface area contributed by atoms with Gasteiger partial charge in [-0.15, -0.1) is 0 Å². The Hall–Kier alpha value is -1.02. The van der Waals surface area contributed by atoms with E-state index in [2.05, 4.69) is 19.9 Å². The first-order valence-electron chi connectivity index (χ1n) is 6.51. The van der Waals surface area contributed by atoms with Crippen LogP contribution < -0.4 is 5.73 Å². The van der Waals surface area contributed by atoms with Crippen LogP contribution in [-0.2, 0) is 11.3 Å². The summed E-state index contributed by atoms with van der Waals surface area (Å²) in [7, 11) is 0. The molecule has 0 atom stereocenters. The number of hydrogen-bond donors (Lipinski definition) is 1. The molecule has 17 heavy (non-hydrogen) atoms. The van der Waals surface area contributed by atoms with Crippen molar-refractivity contribution in [3.05, 3.63) is 29.8 Å². The largest absolute Gasteiger partial charge is 0.399 e. The number of benzene rings is 1. The topological polar surface area (TPSA) is 35.2 Å². The van der Waals surface area contributed by atoms with E-state index in [9.17, 15) is 0 Å². The lowest BCUT2D eigenvalue weighted by atomic mass is 9.76. The number of rotatable bonds is 3. The first-order chi connectivity index (χ1) is 8.05. The van der Waals surface area contributed by atoms with Crippen molar-refractivity contribution < 1.29 is 4.74 Å². The van der Waals surface area contributed by atoms with Crippen LogP contribution in [0.2, 0.25) is 0 Å². The van der Waals surface area contributed by atoms with Crippen molar-refractivity contribution in [2.24, 2.45) is 5.41 Å². The van der Waals surface area contributed by atoms with Gasteiger partial charge in [0.25, 0.3) is 0 Å². The van der Waals surface area contributed by atoms with Crippen LogP contribution >= 0.6 is 0 Å². The summed E-state index contributed by atoms with van der Waals surface area (Å²) in [4.78, 5) is 0. The molecule has 1 aromatic carbocycles. The second kappa shape index (κ2) is 5.09. The maximum Gasteiger partial charge on any atom is 0.0721 e. The molecule has 0 heterocycles. The minimum absolute atomic E-state index is 0.435. The molecule has 1 aromatic rings. The maximum absolute atomic E-state index is 5.96. The molecule has 0 spiro atoms. The summed E-state index contributed by atoms with van der Waals surface area (Å²) < 4.78 is 5.96. The molecule has 0 bridgehead atoms. The number of ether oxygens (including phenoxy) is 1. The van der Waals surface area contributed by atoms with Gasteiger partial charge in [-0.25, -0.2) is 0 Å². The van der Waals surface area contributed by atoms with Gasteiger partial charge < -0.3 is 10.5 Å². The van der Waals surface area contributed by atoms with Crippen LogP contribution in [0.15, 0.2) is 24.3 Å². The van der Waals surface area contributed by atoms with Crippen LogP contribution in [0, 0.1) is 5.41 Å². The van der Waals surface area contributed by atoms with Gasteiger partial charge in [0.05, 0.1) is 12.7 Å². The first kappa shape index (κ1) is 12.4. The molecule has 1 saturated carbocycles. The van der Waals surface area contributed by atoms with E-state index in [4.69, 9.17) is 10.5 Å². The molecule has 94 valence electrons. The number of nitrogens with two attached hydrogens (primary N) is 1. The zero-order valence-corrected chi connectivity index (χ0v) is 10.9. The van der Waals surface area contributed by atoms with E-state index in [1.807, 2.05) is 18.2 Å². The van der Waals surface area contributed by atoms with Crippen molar-refractivity contribution >= 4 is 5.69 Å². The molecule has 0 unspecified atom stereocenters. The number of nitrogen functional groups attached to an aromatic ring is 1. The van der Waals surface area contributed by atoms with Crippen molar-refractivity contribution in [2.45, 2.75) is 52.2 Å². The Labute approximate surface area is 104 Å². The minimum Gasteiger partial charge on any atom is -0.399 e. The third-order valence-corrected chi connectivity index (χ3v) is 3.72. The third kappa shape index (κ3) is 3.74. The smallest absolute Gasteiger partial charge is 0.0721 e. The van der Waals surface area contributed by atoms with Gasteiger partial charge in [-0.1, -0.05) is 26.0 Å². The molecule has 1 fully saturated rings. The molecule has 0 amide bonds. The predicted molar refractivity (Wildman–Crippen MR) is 71.7 cm³/mol. The van der Waals surface area contributed by atoms with Crippen molar-refractivity contribution in [3.63, 3.8) is 0 Å². The SMILES string of the molecule is CC1(C)CCC(OCc2cccc(N)c2)CC1. The van der Waals surface area contributed by atoms with Crippen LogP contribution in [0.5, 0.6) is 0 Å². The quantitative estimate of drug-likeness (QED) is 0.807. The van der Waals surface area contributed by atoms with Gasteiger partial charge in [0.1, 0.15) is 0 Å². The zero-order valence-electron chi connectivity index (χ0n) is 10.9. The summed E-state index contributed by atoms with van der Waals surface area (Å²) in [6.07, 6.45) is 5.36. The summed E-state index contributed by atoms with van der Waals surface area (Å²) >= 11 is 0. The van der Waals surface area contributed by atoms with E-state index in [1.165, 1.54) is 31.2 Å². The Balaban J connectivity index is 1.80. The van der Waals surface area contributed by atoms with E-state index >= 15 is 0 Å². The summed E-state index contributed by atoms with van der Waals surface area (Å²) in [6.45, 7) is 5.39. The van der Waals surface area contributed by atoms with Crippen molar-refractivity contribution in [1.82, 2.24) is 0 Å². The number of anilines is 1. The monoisotopic (exact) mass is 233 g/mol. The van der Waals surface area contributed by atoms with E-state index in [1.54, 1.807) is 0 Å². The Morgan fingerprint density at radius 2 is 2.00 bits per heavy atom. The van der Waals surface area contributed by atoms with Crippen LogP contribution in [0.1, 0.15) is 45.1 Å². The predicted octanol–water partition coefficient (Wildman–Crippen LogP) is 3.75. The Morgan fingerprint density at radius 1 is 1.29 bits per heavy atom. The summed E-state index contributed by atoms with van der Waals surface area (Å²) in [5.74, 6) is 0. The molecular weight excluding hydrogens is 210 g/mol. The molecule has 1 aliphatic carbocycles. The molecule has 1 aliphatic rings. The van der Waals surface area contributed by atoms with Crippen LogP contribution in [0.4, 0.5) is 5.69 Å². The van der Waals surface area contributed by atoms with Crippen molar-refractivity contribution in [1.29, 1.82) is 0 Å². The Bertz CT molecular complexity index is 363. The fourth-order valence-corrected chi connectivity index (χ4v) is 2.44. The zero-order chi connectivity index (χ0) is 12.3. The van der Waals surface area contributed by atoms with Gasteiger partial charge in [-0.05, 0) is 48.8 Å². The minimum atomic E-state index is 0.435. The second-order valence-electron chi connectivity index (χ2n) is 5.92. The Kier molecular flexibility index (Phi) is 3.72. The van der Waals surface area contributed by atoms with Gasteiger partial charge in [-0.3, -0.25) is 0 Å². The lowest BCUT2D eigenvalue weighted by Gasteiger charge is -2.34. The van der Waals surface area contributed by atoms with E-state index < -0.39 is 0 Å². The van der Waals surface area contributed by atoms with Gasteiger partial charge in [-0.2, -0.15) is 0 Å². The van der Waals surface area contributed by atoms with Crippen LogP contribution in [-0.4, -0.2) is 6.10 Å². The highest BCUT2D eigenvalue weighted by molar-refractivity contribution is 5.40. The molecule has 2 nitrogen and oxygen atoms in total. The van der Waals surface area contributed by atoms with E-state index in [0.29, 0.717) is 18.1 Å². The number of hydrogen-bond acceptors (Lipinski definition) is 2. The average molecular weight is 233 g/mol. The third-order valence-electron chi connectivity index (χ3n) is 3.72. The lowest BCUT2D eigenvalue weighted by molar-refractivity contribution is -0.00556. The maximum atomic E-state index is 5.96. The molecule has 0 saturated heterocycles. The fraction of sp³-hybridized carbons (Fsp3) is 0.600. The molecule has 0 radical (unpaired) electrons. The summed E-state index contributed by atoms with van der Waals surface area (Å²) in [6, 6.07) is 7.96. The van der Waals surface area contributed by atoms with Crippen LogP contribution in [0.3, 0.4) is 0 Å². The highest BCUT2D eigenvalue weighted by Gasteiger charge is 2.26. The molecule has 2 heteroatoms. The van der Waals surface area contributed by atoms with Crippen LogP contribution in [0.25, 0.3) is 0 Å². The van der Waals surface area contributed by atoms with Crippen molar-refractivity contribution in [3.8, 4) is 0 Å². The summed E-state index contributed by atoms with van der Waals surface area (Å²) in [5, 5.41) is 0. The molecule has 2 rings (SSSR count). The standard InChI is InChI=1S/C15H23NO/c1-15(2)8-6-14(7-9-15)17-11-12-4-3-5-13(16)10-12/h3-5,10,14H,6-9,11,16H2,1-2H3. The molecule has 0 aromatic heterocycles. The van der Waals surface area contributed by atoms with Gasteiger partial charge in [0.2, 0.25) is 0 Å². The van der Waals surface area contributed by atoms with Crippen molar-refractivity contribution in [2.75, 3.05) is 5.73 Å². The van der Waals surface area contributed by atoms with E-state index in [0.717, 1.165) is 5.69 Å². The Morgan fingerprint density at radius 3 is 2.65 bits per heavy atom. The average Bonchev–Trinajstić information content (AvgIpc) is 2.28. The molecule has 2 N–H and O–H groups in total. The molecular formula is C15H23NO. The van der Waals surface area contributed by atoms with E-state index in [-0.39, 0.29) is 0 Å². The fourth-order valence-electron chi connectivity index (χ4n) is 2.44. The molecule has 0 aliphatic heterocycles. The highest BCUT2D eigenvalue weighted by atomic mass is 16.5. The summed E-state index contributed by atoms with van der Waals surface area (Å²) in [5.41, 5.74) is 8.25. The van der Waals surface area contributed by atoms with Gasteiger partial charge in [0, 0.05) is 5.69 Å². The first-order valence-corrected chi connectivity index (χ1v) is 6.51.